The number of hydrogen-bond acceptors (Lipinski definition) is 6. The Kier molecular flexibility index (Phi) is 4.88. The first-order valence-corrected chi connectivity index (χ1v) is 9.41. The lowest BCUT2D eigenvalue weighted by Gasteiger charge is -2.16. The largest absolute Gasteiger partial charge is 0.478 e. The summed E-state index contributed by atoms with van der Waals surface area (Å²) in [7, 11) is -10.5. The van der Waals surface area contributed by atoms with E-state index in [0.29, 0.717) is 0 Å². The Morgan fingerprint density at radius 3 is 1.73 bits per heavy atom. The van der Waals surface area contributed by atoms with E-state index in [1.165, 1.54) is 30.3 Å². The van der Waals surface area contributed by atoms with Gasteiger partial charge in [0.05, 0.1) is 11.1 Å². The van der Waals surface area contributed by atoms with Crippen molar-refractivity contribution < 1.29 is 45.7 Å². The van der Waals surface area contributed by atoms with E-state index in [2.05, 4.69) is 0 Å². The molecule has 12 heteroatoms. The van der Waals surface area contributed by atoms with Crippen molar-refractivity contribution >= 4 is 32.2 Å². The van der Waals surface area contributed by atoms with E-state index >= 15 is 0 Å². The predicted octanol–water partition coefficient (Wildman–Crippen LogP) is 1.24. The van der Waals surface area contributed by atoms with Crippen molar-refractivity contribution in [2.45, 2.75) is 9.79 Å². The minimum Gasteiger partial charge on any atom is -0.478 e. The van der Waals surface area contributed by atoms with E-state index in [1.54, 1.807) is 0 Å². The summed E-state index contributed by atoms with van der Waals surface area (Å²) in [5.74, 6) is -4.05. The fraction of sp³-hybridized carbons (Fsp3) is 0. The van der Waals surface area contributed by atoms with E-state index in [9.17, 15) is 40.6 Å². The lowest BCUT2D eigenvalue weighted by Crippen LogP contribution is -2.18. The van der Waals surface area contributed by atoms with Gasteiger partial charge >= 0.3 is 11.9 Å². The van der Waals surface area contributed by atoms with Gasteiger partial charge in [-0.3, -0.25) is 9.11 Å². The molecule has 0 unspecified atom stereocenters. The summed E-state index contributed by atoms with van der Waals surface area (Å²) in [6.45, 7) is 0. The van der Waals surface area contributed by atoms with Crippen molar-refractivity contribution in [1.82, 2.24) is 0 Å². The maximum Gasteiger partial charge on any atom is 0.337 e. The zero-order chi connectivity index (χ0) is 19.9. The molecule has 2 aromatic carbocycles. The standard InChI is InChI=1S/C14H10O10S2/c15-13(16)8-6-9(25(19,20)21)10(7-4-2-1-3-5-7)11(14(17)18)12(8)26(22,23)24/h1-6H,(H,15,16)(H,17,18)(H,19,20,21)(H,22,23,24). The van der Waals surface area contributed by atoms with E-state index in [0.717, 1.165) is 0 Å². The molecule has 0 aromatic heterocycles. The molecule has 0 saturated heterocycles. The van der Waals surface area contributed by atoms with E-state index in [4.69, 9.17) is 5.11 Å². The van der Waals surface area contributed by atoms with Crippen LogP contribution in [0.25, 0.3) is 11.1 Å². The molecule has 138 valence electrons. The Labute approximate surface area is 146 Å². The molecule has 0 spiro atoms. The highest BCUT2D eigenvalue weighted by Gasteiger charge is 2.35. The predicted molar refractivity (Wildman–Crippen MR) is 85.4 cm³/mol. The van der Waals surface area contributed by atoms with Crippen LogP contribution in [0, 0.1) is 0 Å². The van der Waals surface area contributed by atoms with Gasteiger partial charge in [-0.05, 0) is 11.6 Å². The first-order valence-electron chi connectivity index (χ1n) is 6.53. The topological polar surface area (TPSA) is 183 Å². The smallest absolute Gasteiger partial charge is 0.337 e. The normalized spacial score (nSPS) is 11.9. The molecule has 4 N–H and O–H groups in total. The molecule has 0 atom stereocenters. The van der Waals surface area contributed by atoms with Gasteiger partial charge in [0.1, 0.15) is 9.79 Å². The minimum atomic E-state index is -5.39. The highest BCUT2D eigenvalue weighted by atomic mass is 32.2. The number of hydrogen-bond donors (Lipinski definition) is 4. The monoisotopic (exact) mass is 402 g/mol. The second kappa shape index (κ2) is 6.49. The lowest BCUT2D eigenvalue weighted by molar-refractivity contribution is 0.0688. The van der Waals surface area contributed by atoms with E-state index in [-0.39, 0.29) is 11.6 Å². The van der Waals surface area contributed by atoms with Gasteiger partial charge in [0.25, 0.3) is 20.2 Å². The number of benzene rings is 2. The number of rotatable bonds is 5. The minimum absolute atomic E-state index is 0.139. The van der Waals surface area contributed by atoms with Gasteiger partial charge in [-0.25, -0.2) is 9.59 Å². The summed E-state index contributed by atoms with van der Waals surface area (Å²) in [4.78, 5) is 20.4. The van der Waals surface area contributed by atoms with Crippen LogP contribution in [0.3, 0.4) is 0 Å². The average Bonchev–Trinajstić information content (AvgIpc) is 2.51. The summed E-state index contributed by atoms with van der Waals surface area (Å²) in [5.41, 5.74) is -3.54. The average molecular weight is 402 g/mol. The first-order chi connectivity index (χ1) is 11.9. The number of carbonyl (C=O) groups is 2. The molecule has 10 nitrogen and oxygen atoms in total. The quantitative estimate of drug-likeness (QED) is 0.531. The molecule has 0 aliphatic carbocycles. The molecule has 0 aliphatic rings. The highest BCUT2D eigenvalue weighted by Crippen LogP contribution is 2.37. The maximum absolute atomic E-state index is 11.7. The van der Waals surface area contributed by atoms with Crippen molar-refractivity contribution in [2.75, 3.05) is 0 Å². The van der Waals surface area contributed by atoms with Gasteiger partial charge in [-0.2, -0.15) is 16.8 Å². The summed E-state index contributed by atoms with van der Waals surface area (Å²) >= 11 is 0. The molecule has 0 bridgehead atoms. The van der Waals surface area contributed by atoms with E-state index in [1.807, 2.05) is 0 Å². The zero-order valence-corrected chi connectivity index (χ0v) is 14.2. The van der Waals surface area contributed by atoms with Gasteiger partial charge < -0.3 is 10.2 Å². The van der Waals surface area contributed by atoms with Crippen LogP contribution in [0.1, 0.15) is 20.7 Å². The molecule has 26 heavy (non-hydrogen) atoms. The Balaban J connectivity index is 3.27. The first kappa shape index (κ1) is 19.5. The third-order valence-electron chi connectivity index (χ3n) is 3.29. The van der Waals surface area contributed by atoms with Gasteiger partial charge in [-0.15, -0.1) is 0 Å². The Bertz CT molecular complexity index is 1120. The van der Waals surface area contributed by atoms with Crippen LogP contribution >= 0.6 is 0 Å². The Morgan fingerprint density at radius 2 is 1.35 bits per heavy atom. The van der Waals surface area contributed by atoms with Crippen molar-refractivity contribution in [3.63, 3.8) is 0 Å². The summed E-state index contributed by atoms with van der Waals surface area (Å²) < 4.78 is 65.4. The number of carboxylic acids is 2. The third-order valence-corrected chi connectivity index (χ3v) is 5.10. The van der Waals surface area contributed by atoms with Crippen molar-refractivity contribution in [1.29, 1.82) is 0 Å². The fourth-order valence-electron chi connectivity index (χ4n) is 2.37. The van der Waals surface area contributed by atoms with Gasteiger partial charge in [0.2, 0.25) is 0 Å². The molecule has 0 amide bonds. The van der Waals surface area contributed by atoms with Crippen LogP contribution in [0.5, 0.6) is 0 Å². The van der Waals surface area contributed by atoms with Crippen LogP contribution in [0.15, 0.2) is 46.2 Å². The summed E-state index contributed by atoms with van der Waals surface area (Å²) in [6.07, 6.45) is 0. The van der Waals surface area contributed by atoms with Crippen LogP contribution in [-0.2, 0) is 20.2 Å². The Morgan fingerprint density at radius 1 is 0.808 bits per heavy atom. The second-order valence-electron chi connectivity index (χ2n) is 4.93. The SMILES string of the molecule is O=C(O)c1cc(S(=O)(=O)O)c(-c2ccccc2)c(C(=O)O)c1S(=O)(=O)O. The number of aromatic carboxylic acids is 2. The zero-order valence-electron chi connectivity index (χ0n) is 12.5. The summed E-state index contributed by atoms with van der Waals surface area (Å²) in [5, 5.41) is 18.6. The molecule has 0 aliphatic heterocycles. The Hall–Kier alpha value is -2.80. The van der Waals surface area contributed by atoms with Crippen LogP contribution in [-0.4, -0.2) is 48.1 Å². The molecular formula is C14H10O10S2. The molecule has 0 saturated carbocycles. The van der Waals surface area contributed by atoms with Gasteiger partial charge in [0, 0.05) is 5.56 Å². The van der Waals surface area contributed by atoms with E-state index < -0.39 is 58.7 Å². The second-order valence-corrected chi connectivity index (χ2v) is 7.68. The molecule has 0 heterocycles. The molecule has 0 fully saturated rings. The lowest BCUT2D eigenvalue weighted by atomic mass is 9.97. The highest BCUT2D eigenvalue weighted by molar-refractivity contribution is 7.86. The van der Waals surface area contributed by atoms with Crippen LogP contribution in [0.2, 0.25) is 0 Å². The molecular weight excluding hydrogens is 392 g/mol. The number of carboxylic acid groups (broad SMARTS) is 2. The summed E-state index contributed by atoms with van der Waals surface area (Å²) in [6, 6.07) is 6.93. The van der Waals surface area contributed by atoms with Crippen LogP contribution < -0.4 is 0 Å². The fourth-order valence-corrected chi connectivity index (χ4v) is 3.98. The molecule has 2 aromatic rings. The molecule has 0 radical (unpaired) electrons. The van der Waals surface area contributed by atoms with Crippen molar-refractivity contribution in [3.8, 4) is 11.1 Å². The maximum atomic E-state index is 11.7. The van der Waals surface area contributed by atoms with Crippen molar-refractivity contribution in [2.24, 2.45) is 0 Å². The van der Waals surface area contributed by atoms with Gasteiger partial charge in [0.15, 0.2) is 0 Å². The van der Waals surface area contributed by atoms with Crippen LogP contribution in [0.4, 0.5) is 0 Å². The third kappa shape index (κ3) is 3.57. The molecule has 2 rings (SSSR count). The van der Waals surface area contributed by atoms with Gasteiger partial charge in [-0.1, -0.05) is 30.3 Å². The van der Waals surface area contributed by atoms with Crippen molar-refractivity contribution in [3.05, 3.63) is 47.5 Å².